The van der Waals surface area contributed by atoms with Crippen LogP contribution in [0.15, 0.2) is 60.7 Å². The maximum atomic E-state index is 14.2. The van der Waals surface area contributed by atoms with E-state index in [-0.39, 0.29) is 11.7 Å². The molecule has 2 amide bonds. The molecule has 0 atom stereocenters. The predicted molar refractivity (Wildman–Crippen MR) is 118 cm³/mol. The van der Waals surface area contributed by atoms with Gasteiger partial charge in [0.2, 0.25) is 0 Å². The molecule has 1 N–H and O–H groups in total. The number of urea groups is 1. The first-order chi connectivity index (χ1) is 15.5. The average Bonchev–Trinajstić information content (AvgIpc) is 3.24. The number of methoxy groups -OCH3 is 2. The fourth-order valence-electron chi connectivity index (χ4n) is 4.17. The highest BCUT2D eigenvalue weighted by molar-refractivity contribution is 5.89. The minimum Gasteiger partial charge on any atom is -0.496 e. The van der Waals surface area contributed by atoms with Crippen LogP contribution in [0.1, 0.15) is 16.7 Å². The molecule has 0 heterocycles. The van der Waals surface area contributed by atoms with E-state index in [1.807, 2.05) is 42.5 Å². The second-order valence-corrected chi connectivity index (χ2v) is 7.66. The van der Waals surface area contributed by atoms with E-state index in [9.17, 15) is 13.6 Å². The molecule has 1 aliphatic rings. The third kappa shape index (κ3) is 4.37. The Morgan fingerprint density at radius 1 is 0.969 bits per heavy atom. The number of benzene rings is 3. The van der Waals surface area contributed by atoms with E-state index in [1.54, 1.807) is 19.1 Å². The molecule has 0 saturated carbocycles. The third-order valence-electron chi connectivity index (χ3n) is 5.73. The molecule has 0 aromatic heterocycles. The topological polar surface area (TPSA) is 50.8 Å². The van der Waals surface area contributed by atoms with Crippen LogP contribution in [0.2, 0.25) is 0 Å². The number of halogens is 2. The van der Waals surface area contributed by atoms with Crippen molar-refractivity contribution >= 4 is 11.7 Å². The Bertz CT molecular complexity index is 1090. The van der Waals surface area contributed by atoms with Crippen molar-refractivity contribution in [2.75, 3.05) is 19.5 Å². The van der Waals surface area contributed by atoms with E-state index in [4.69, 9.17) is 9.47 Å². The van der Waals surface area contributed by atoms with Gasteiger partial charge in [-0.15, -0.1) is 0 Å². The summed E-state index contributed by atoms with van der Waals surface area (Å²) in [7, 11) is 3.22. The van der Waals surface area contributed by atoms with Gasteiger partial charge in [-0.2, -0.15) is 0 Å². The summed E-state index contributed by atoms with van der Waals surface area (Å²) < 4.78 is 38.5. The molecule has 0 spiro atoms. The van der Waals surface area contributed by atoms with Gasteiger partial charge in [0, 0.05) is 29.8 Å². The number of carbonyl (C=O) groups excluding carboxylic acids is 1. The van der Waals surface area contributed by atoms with E-state index < -0.39 is 17.7 Å². The summed E-state index contributed by atoms with van der Waals surface area (Å²) >= 11 is 0. The summed E-state index contributed by atoms with van der Waals surface area (Å²) in [5.74, 6) is -0.0379. The van der Waals surface area contributed by atoms with Crippen molar-refractivity contribution in [3.05, 3.63) is 89.0 Å². The number of nitrogens with one attached hydrogen (secondary N) is 1. The Balaban J connectivity index is 1.64. The van der Waals surface area contributed by atoms with E-state index in [0.29, 0.717) is 19.4 Å². The molecule has 1 aliphatic carbocycles. The molecule has 0 aliphatic heterocycles. The van der Waals surface area contributed by atoms with Gasteiger partial charge in [0.1, 0.15) is 23.1 Å². The average molecular weight is 438 g/mol. The molecule has 32 heavy (non-hydrogen) atoms. The first-order valence-electron chi connectivity index (χ1n) is 10.3. The van der Waals surface area contributed by atoms with E-state index in [2.05, 4.69) is 5.32 Å². The normalized spacial score (nSPS) is 12.9. The summed E-state index contributed by atoms with van der Waals surface area (Å²) in [4.78, 5) is 15.0. The Hall–Kier alpha value is -3.61. The molecule has 3 aromatic carbocycles. The maximum Gasteiger partial charge on any atom is 0.322 e. The second-order valence-electron chi connectivity index (χ2n) is 7.66. The lowest BCUT2D eigenvalue weighted by molar-refractivity contribution is 0.185. The molecule has 0 unspecified atom stereocenters. The molecule has 5 nitrogen and oxygen atoms in total. The summed E-state index contributed by atoms with van der Waals surface area (Å²) in [6, 6.07) is 15.7. The first-order valence-corrected chi connectivity index (χ1v) is 10.3. The predicted octanol–water partition coefficient (Wildman–Crippen LogP) is 5.18. The highest BCUT2D eigenvalue weighted by Gasteiger charge is 2.34. The summed E-state index contributed by atoms with van der Waals surface area (Å²) in [6.45, 7) is 0.332. The molecule has 0 fully saturated rings. The summed E-state index contributed by atoms with van der Waals surface area (Å²) in [5.41, 5.74) is 2.86. The van der Waals surface area contributed by atoms with E-state index in [1.165, 1.54) is 6.07 Å². The molecular weight excluding hydrogens is 414 g/mol. The fourth-order valence-corrected chi connectivity index (χ4v) is 4.17. The van der Waals surface area contributed by atoms with Crippen LogP contribution in [0, 0.1) is 11.6 Å². The highest BCUT2D eigenvalue weighted by atomic mass is 19.1. The van der Waals surface area contributed by atoms with Crippen molar-refractivity contribution < 1.29 is 23.0 Å². The highest BCUT2D eigenvalue weighted by Crippen LogP contribution is 2.39. The first kappa shape index (κ1) is 21.6. The maximum absolute atomic E-state index is 14.2. The number of ether oxygens (including phenoxy) is 2. The van der Waals surface area contributed by atoms with Gasteiger partial charge in [-0.3, -0.25) is 0 Å². The molecule has 7 heteroatoms. The number of carbonyl (C=O) groups is 1. The van der Waals surface area contributed by atoms with Crippen LogP contribution < -0.4 is 14.8 Å². The lowest BCUT2D eigenvalue weighted by Crippen LogP contribution is -2.43. The number of hydrogen-bond donors (Lipinski definition) is 1. The molecule has 0 radical (unpaired) electrons. The van der Waals surface area contributed by atoms with Crippen LogP contribution in [0.4, 0.5) is 19.3 Å². The quantitative estimate of drug-likeness (QED) is 0.577. The van der Waals surface area contributed by atoms with Gasteiger partial charge in [-0.25, -0.2) is 13.6 Å². The fraction of sp³-hybridized carbons (Fsp3) is 0.240. The van der Waals surface area contributed by atoms with E-state index in [0.717, 1.165) is 40.3 Å². The second kappa shape index (κ2) is 9.26. The van der Waals surface area contributed by atoms with Gasteiger partial charge in [-0.1, -0.05) is 30.3 Å². The zero-order valence-electron chi connectivity index (χ0n) is 17.9. The SMILES string of the molecule is COc1ccc(OC)c2c1CC(N(Cc1ccccc1)C(=O)Nc1ccc(F)cc1F)C2. The van der Waals surface area contributed by atoms with Crippen LogP contribution in [0.5, 0.6) is 11.5 Å². The van der Waals surface area contributed by atoms with Crippen molar-refractivity contribution in [3.8, 4) is 11.5 Å². The van der Waals surface area contributed by atoms with Crippen LogP contribution >= 0.6 is 0 Å². The minimum atomic E-state index is -0.823. The van der Waals surface area contributed by atoms with Gasteiger partial charge >= 0.3 is 6.03 Å². The zero-order valence-corrected chi connectivity index (χ0v) is 17.9. The summed E-state index contributed by atoms with van der Waals surface area (Å²) in [5, 5.41) is 2.60. The third-order valence-corrected chi connectivity index (χ3v) is 5.73. The molecule has 0 saturated heterocycles. The van der Waals surface area contributed by atoms with Gasteiger partial charge in [0.15, 0.2) is 0 Å². The monoisotopic (exact) mass is 438 g/mol. The van der Waals surface area contributed by atoms with Crippen molar-refractivity contribution in [2.45, 2.75) is 25.4 Å². The smallest absolute Gasteiger partial charge is 0.322 e. The molecular formula is C25H24F2N2O3. The van der Waals surface area contributed by atoms with Crippen molar-refractivity contribution in [2.24, 2.45) is 0 Å². The Morgan fingerprint density at radius 3 is 2.16 bits per heavy atom. The Morgan fingerprint density at radius 2 is 1.59 bits per heavy atom. The van der Waals surface area contributed by atoms with Gasteiger partial charge < -0.3 is 19.7 Å². The minimum absolute atomic E-state index is 0.0693. The van der Waals surface area contributed by atoms with Crippen molar-refractivity contribution in [1.29, 1.82) is 0 Å². The van der Waals surface area contributed by atoms with E-state index >= 15 is 0 Å². The zero-order chi connectivity index (χ0) is 22.7. The largest absolute Gasteiger partial charge is 0.496 e. The van der Waals surface area contributed by atoms with Crippen molar-refractivity contribution in [3.63, 3.8) is 0 Å². The van der Waals surface area contributed by atoms with Gasteiger partial charge in [0.25, 0.3) is 0 Å². The van der Waals surface area contributed by atoms with Gasteiger partial charge in [0.05, 0.1) is 19.9 Å². The number of amides is 2. The van der Waals surface area contributed by atoms with Crippen LogP contribution in [-0.2, 0) is 19.4 Å². The summed E-state index contributed by atoms with van der Waals surface area (Å²) in [6.07, 6.45) is 1.14. The number of anilines is 1. The lowest BCUT2D eigenvalue weighted by Gasteiger charge is -2.29. The van der Waals surface area contributed by atoms with Crippen LogP contribution in [0.3, 0.4) is 0 Å². The number of fused-ring (bicyclic) bond motifs is 1. The Labute approximate surface area is 185 Å². The molecule has 166 valence electrons. The number of rotatable bonds is 6. The molecule has 4 rings (SSSR count). The van der Waals surface area contributed by atoms with Crippen LogP contribution in [-0.4, -0.2) is 31.2 Å². The molecule has 3 aromatic rings. The standard InChI is InChI=1S/C25H24F2N2O3/c1-31-23-10-11-24(32-2)20-14-18(13-19(20)23)29(15-16-6-4-3-5-7-16)25(30)28-22-9-8-17(26)12-21(22)27/h3-12,18H,13-15H2,1-2H3,(H,28,30). The Kier molecular flexibility index (Phi) is 6.25. The lowest BCUT2D eigenvalue weighted by atomic mass is 10.1. The van der Waals surface area contributed by atoms with Crippen LogP contribution in [0.25, 0.3) is 0 Å². The molecule has 0 bridgehead atoms. The number of hydrogen-bond acceptors (Lipinski definition) is 3. The number of nitrogens with zero attached hydrogens (tertiary/aromatic N) is 1. The van der Waals surface area contributed by atoms with Crippen molar-refractivity contribution in [1.82, 2.24) is 4.90 Å². The van der Waals surface area contributed by atoms with Gasteiger partial charge in [-0.05, 0) is 42.7 Å².